The van der Waals surface area contributed by atoms with Gasteiger partial charge in [0.15, 0.2) is 0 Å². The van der Waals surface area contributed by atoms with Gasteiger partial charge in [-0.3, -0.25) is 4.79 Å². The van der Waals surface area contributed by atoms with Crippen LogP contribution in [-0.2, 0) is 0 Å². The number of aromatic nitrogens is 2. The number of nitrogen functional groups attached to an aromatic ring is 1. The lowest BCUT2D eigenvalue weighted by molar-refractivity contribution is 0.0105. The number of aromatic amines is 1. The molecule has 4 saturated carbocycles. The van der Waals surface area contributed by atoms with Crippen molar-refractivity contribution in [2.24, 2.45) is 17.8 Å². The smallest absolute Gasteiger partial charge is 0.248 e. The van der Waals surface area contributed by atoms with E-state index in [0.29, 0.717) is 22.9 Å². The Morgan fingerprint density at radius 3 is 2.29 bits per heavy atom. The summed E-state index contributed by atoms with van der Waals surface area (Å²) < 4.78 is 0. The highest BCUT2D eigenvalue weighted by molar-refractivity contribution is 5.74. The van der Waals surface area contributed by atoms with Crippen molar-refractivity contribution < 1.29 is 0 Å². The minimum atomic E-state index is -0.129. The average Bonchev–Trinajstić information content (AvgIpc) is 2.78. The van der Waals surface area contributed by atoms with Gasteiger partial charge in [0.05, 0.1) is 5.69 Å². The molecule has 0 atom stereocenters. The van der Waals surface area contributed by atoms with Gasteiger partial charge in [0.25, 0.3) is 0 Å². The summed E-state index contributed by atoms with van der Waals surface area (Å²) in [7, 11) is 0. The minimum Gasteiger partial charge on any atom is -0.397 e. The van der Waals surface area contributed by atoms with E-state index in [1.165, 1.54) is 19.3 Å². The summed E-state index contributed by atoms with van der Waals surface area (Å²) in [6.45, 7) is 0. The zero-order valence-corrected chi connectivity index (χ0v) is 19.0. The molecule has 0 unspecified atom stereocenters. The molecule has 7 nitrogen and oxygen atoms in total. The number of rotatable bonds is 5. The summed E-state index contributed by atoms with van der Waals surface area (Å²) in [6, 6.07) is 15.2. The molecule has 2 aromatic heterocycles. The average molecular weight is 453 g/mol. The Morgan fingerprint density at radius 1 is 1.00 bits per heavy atom. The molecular weight excluding hydrogens is 424 g/mol. The maximum Gasteiger partial charge on any atom is 0.248 e. The number of anilines is 4. The monoisotopic (exact) mass is 452 g/mol. The van der Waals surface area contributed by atoms with Crippen molar-refractivity contribution in [3.8, 4) is 17.2 Å². The van der Waals surface area contributed by atoms with Crippen molar-refractivity contribution in [1.29, 1.82) is 5.26 Å². The quantitative estimate of drug-likeness (QED) is 0.432. The van der Waals surface area contributed by atoms with Crippen LogP contribution in [-0.4, -0.2) is 15.5 Å². The first-order chi connectivity index (χ1) is 16.5. The molecule has 3 aromatic rings. The number of hydrogen-bond donors (Lipinski definition) is 4. The Morgan fingerprint density at radius 2 is 1.68 bits per heavy atom. The molecule has 0 amide bonds. The van der Waals surface area contributed by atoms with E-state index in [0.717, 1.165) is 53.8 Å². The molecule has 4 aliphatic rings. The largest absolute Gasteiger partial charge is 0.397 e. The van der Waals surface area contributed by atoms with E-state index < -0.39 is 0 Å². The second kappa shape index (κ2) is 7.91. The third kappa shape index (κ3) is 3.79. The third-order valence-corrected chi connectivity index (χ3v) is 7.85. The molecule has 2 heterocycles. The number of benzene rings is 1. The fourth-order valence-corrected chi connectivity index (χ4v) is 6.87. The van der Waals surface area contributed by atoms with Gasteiger partial charge in [-0.25, -0.2) is 4.98 Å². The maximum atomic E-state index is 11.6. The van der Waals surface area contributed by atoms with Gasteiger partial charge in [0.1, 0.15) is 23.3 Å². The summed E-state index contributed by atoms with van der Waals surface area (Å²) in [5.74, 6) is 3.57. The van der Waals surface area contributed by atoms with E-state index in [9.17, 15) is 10.1 Å². The highest BCUT2D eigenvalue weighted by Crippen LogP contribution is 2.56. The first kappa shape index (κ1) is 20.8. The molecule has 34 heavy (non-hydrogen) atoms. The first-order valence-corrected chi connectivity index (χ1v) is 12.0. The van der Waals surface area contributed by atoms with Crippen molar-refractivity contribution in [3.63, 3.8) is 0 Å². The Bertz CT molecular complexity index is 1300. The predicted molar refractivity (Wildman–Crippen MR) is 134 cm³/mol. The highest BCUT2D eigenvalue weighted by Gasteiger charge is 2.51. The summed E-state index contributed by atoms with van der Waals surface area (Å²) in [6.07, 6.45) is 9.20. The standard InChI is InChI=1S/C27H28N6O/c28-15-22-23(29)11-24(31-21-3-1-19(2-4-21)20-5-6-30-25(34)10-20)32-26(22)33-27-12-16-7-17(13-27)9-18(8-16)14-27/h1-6,10-11,16-18H,7-9,12-14H2,(H,30,34)(H4,29,31,32,33). The lowest BCUT2D eigenvalue weighted by atomic mass is 9.53. The molecule has 4 bridgehead atoms. The molecule has 0 radical (unpaired) electrons. The van der Waals surface area contributed by atoms with E-state index in [-0.39, 0.29) is 11.1 Å². The van der Waals surface area contributed by atoms with E-state index in [4.69, 9.17) is 10.7 Å². The Labute approximate surface area is 198 Å². The van der Waals surface area contributed by atoms with Crippen LogP contribution in [0.5, 0.6) is 0 Å². The summed E-state index contributed by atoms with van der Waals surface area (Å²) in [4.78, 5) is 19.0. The Hall–Kier alpha value is -3.79. The molecule has 0 aliphatic heterocycles. The second-order valence-corrected chi connectivity index (χ2v) is 10.4. The maximum absolute atomic E-state index is 11.6. The van der Waals surface area contributed by atoms with Crippen LogP contribution >= 0.6 is 0 Å². The topological polar surface area (TPSA) is 120 Å². The minimum absolute atomic E-state index is 0.0353. The fourth-order valence-electron chi connectivity index (χ4n) is 6.87. The van der Waals surface area contributed by atoms with Crippen LogP contribution in [0.25, 0.3) is 11.1 Å². The normalized spacial score (nSPS) is 26.7. The number of nitriles is 1. The fraction of sp³-hybridized carbons (Fsp3) is 0.370. The van der Waals surface area contributed by atoms with Gasteiger partial charge in [-0.05, 0) is 85.6 Å². The molecule has 7 rings (SSSR count). The first-order valence-electron chi connectivity index (χ1n) is 12.0. The van der Waals surface area contributed by atoms with Crippen LogP contribution in [0.2, 0.25) is 0 Å². The van der Waals surface area contributed by atoms with Gasteiger partial charge in [-0.15, -0.1) is 0 Å². The van der Waals surface area contributed by atoms with Crippen molar-refractivity contribution in [2.75, 3.05) is 16.4 Å². The molecule has 5 N–H and O–H groups in total. The van der Waals surface area contributed by atoms with Crippen molar-refractivity contribution in [1.82, 2.24) is 9.97 Å². The van der Waals surface area contributed by atoms with E-state index >= 15 is 0 Å². The summed E-state index contributed by atoms with van der Waals surface area (Å²) in [5, 5.41) is 16.8. The number of pyridine rings is 2. The number of nitrogens with two attached hydrogens (primary N) is 1. The van der Waals surface area contributed by atoms with E-state index in [2.05, 4.69) is 21.7 Å². The van der Waals surface area contributed by atoms with Gasteiger partial charge in [-0.2, -0.15) is 5.26 Å². The molecule has 1 aromatic carbocycles. The van der Waals surface area contributed by atoms with Crippen molar-refractivity contribution in [2.45, 2.75) is 44.1 Å². The zero-order chi connectivity index (χ0) is 23.3. The van der Waals surface area contributed by atoms with Crippen LogP contribution < -0.4 is 21.9 Å². The van der Waals surface area contributed by atoms with E-state index in [1.54, 1.807) is 18.3 Å². The Balaban J connectivity index is 1.26. The van der Waals surface area contributed by atoms with Gasteiger partial charge >= 0.3 is 0 Å². The zero-order valence-electron chi connectivity index (χ0n) is 19.0. The van der Waals surface area contributed by atoms with Gasteiger partial charge in [0, 0.05) is 29.6 Å². The molecule has 4 aliphatic carbocycles. The molecule has 0 spiro atoms. The second-order valence-electron chi connectivity index (χ2n) is 10.4. The van der Waals surface area contributed by atoms with Crippen LogP contribution in [0.1, 0.15) is 44.1 Å². The van der Waals surface area contributed by atoms with Gasteiger partial charge in [-0.1, -0.05) is 12.1 Å². The molecule has 4 fully saturated rings. The van der Waals surface area contributed by atoms with Crippen molar-refractivity contribution >= 4 is 23.0 Å². The van der Waals surface area contributed by atoms with Crippen LogP contribution in [0, 0.1) is 29.1 Å². The van der Waals surface area contributed by atoms with Crippen molar-refractivity contribution in [3.05, 3.63) is 64.6 Å². The van der Waals surface area contributed by atoms with Crippen LogP contribution in [0.3, 0.4) is 0 Å². The number of nitrogens with zero attached hydrogens (tertiary/aromatic N) is 2. The molecule has 0 saturated heterocycles. The molecular formula is C27H28N6O. The highest BCUT2D eigenvalue weighted by atomic mass is 16.1. The SMILES string of the molecule is N#Cc1c(N)cc(Nc2ccc(-c3cc[nH]c(=O)c3)cc2)nc1NC12CC3CC(CC(C3)C1)C2. The molecule has 172 valence electrons. The lowest BCUT2D eigenvalue weighted by Crippen LogP contribution is -2.55. The summed E-state index contributed by atoms with van der Waals surface area (Å²) >= 11 is 0. The number of nitrogens with one attached hydrogen (secondary N) is 3. The van der Waals surface area contributed by atoms with E-state index in [1.807, 2.05) is 30.3 Å². The van der Waals surface area contributed by atoms with Gasteiger partial charge < -0.3 is 21.4 Å². The van der Waals surface area contributed by atoms with Gasteiger partial charge in [0.2, 0.25) is 5.56 Å². The summed E-state index contributed by atoms with van der Waals surface area (Å²) in [5.41, 5.74) is 9.71. The predicted octanol–water partition coefficient (Wildman–Crippen LogP) is 5.02. The number of hydrogen-bond acceptors (Lipinski definition) is 6. The number of H-pyrrole nitrogens is 1. The van der Waals surface area contributed by atoms with Crippen LogP contribution in [0.15, 0.2) is 53.5 Å². The molecule has 7 heteroatoms. The Kier molecular flexibility index (Phi) is 4.84. The third-order valence-electron chi connectivity index (χ3n) is 7.85. The lowest BCUT2D eigenvalue weighted by Gasteiger charge is -2.57. The van der Waals surface area contributed by atoms with Crippen LogP contribution in [0.4, 0.5) is 23.0 Å².